The summed E-state index contributed by atoms with van der Waals surface area (Å²) in [5, 5.41) is 10.5. The molecule has 0 bridgehead atoms. The van der Waals surface area contributed by atoms with Crippen LogP contribution in [0.4, 0.5) is 5.82 Å². The van der Waals surface area contributed by atoms with Gasteiger partial charge in [0.25, 0.3) is 5.91 Å². The lowest BCUT2D eigenvalue weighted by Gasteiger charge is -2.21. The van der Waals surface area contributed by atoms with Crippen LogP contribution in [-0.4, -0.2) is 51.8 Å². The van der Waals surface area contributed by atoms with E-state index in [1.165, 1.54) is 11.3 Å². The number of nitrogens with zero attached hydrogens (tertiary/aromatic N) is 5. The summed E-state index contributed by atoms with van der Waals surface area (Å²) in [4.78, 5) is 23.0. The van der Waals surface area contributed by atoms with Gasteiger partial charge in [-0.3, -0.25) is 9.48 Å². The molecular formula is C18H27N7O. The molecule has 0 saturated carbocycles. The SMILES string of the molecule is CNC(=O)c1nc(C)c(C)c(N2CC[C@@H](NCc3c(C)cnn3C)C2)n1. The zero-order valence-electron chi connectivity index (χ0n) is 16.1. The van der Waals surface area contributed by atoms with Crippen LogP contribution >= 0.6 is 0 Å². The van der Waals surface area contributed by atoms with E-state index in [0.717, 1.165) is 43.1 Å². The normalized spacial score (nSPS) is 17.0. The van der Waals surface area contributed by atoms with E-state index in [9.17, 15) is 4.79 Å². The van der Waals surface area contributed by atoms with Gasteiger partial charge in [-0.15, -0.1) is 0 Å². The molecule has 1 fully saturated rings. The second kappa shape index (κ2) is 7.41. The van der Waals surface area contributed by atoms with Crippen molar-refractivity contribution >= 4 is 11.7 Å². The highest BCUT2D eigenvalue weighted by atomic mass is 16.2. The van der Waals surface area contributed by atoms with Crippen LogP contribution in [-0.2, 0) is 13.6 Å². The molecule has 0 unspecified atom stereocenters. The van der Waals surface area contributed by atoms with Gasteiger partial charge in [0.1, 0.15) is 5.82 Å². The maximum atomic E-state index is 11.9. The Morgan fingerprint density at radius 3 is 2.73 bits per heavy atom. The quantitative estimate of drug-likeness (QED) is 0.825. The van der Waals surface area contributed by atoms with E-state index in [4.69, 9.17) is 0 Å². The van der Waals surface area contributed by atoms with Crippen LogP contribution in [0.1, 0.15) is 39.6 Å². The minimum absolute atomic E-state index is 0.229. The van der Waals surface area contributed by atoms with Crippen LogP contribution in [0.5, 0.6) is 0 Å². The van der Waals surface area contributed by atoms with Crippen molar-refractivity contribution in [2.45, 2.75) is 39.8 Å². The minimum Gasteiger partial charge on any atom is -0.355 e. The molecule has 2 aromatic heterocycles. The van der Waals surface area contributed by atoms with Crippen molar-refractivity contribution in [3.05, 3.63) is 34.5 Å². The van der Waals surface area contributed by atoms with Gasteiger partial charge >= 0.3 is 0 Å². The van der Waals surface area contributed by atoms with Gasteiger partial charge in [-0.1, -0.05) is 0 Å². The molecule has 0 spiro atoms. The number of aromatic nitrogens is 4. The Labute approximate surface area is 154 Å². The number of carbonyl (C=O) groups is 1. The Morgan fingerprint density at radius 2 is 2.08 bits per heavy atom. The first-order valence-electron chi connectivity index (χ1n) is 8.93. The summed E-state index contributed by atoms with van der Waals surface area (Å²) in [5.41, 5.74) is 4.28. The van der Waals surface area contributed by atoms with Gasteiger partial charge < -0.3 is 15.5 Å². The van der Waals surface area contributed by atoms with Crippen molar-refractivity contribution in [3.8, 4) is 0 Å². The van der Waals surface area contributed by atoms with E-state index in [-0.39, 0.29) is 11.7 Å². The first-order chi connectivity index (χ1) is 12.4. The highest BCUT2D eigenvalue weighted by Gasteiger charge is 2.26. The predicted molar refractivity (Wildman–Crippen MR) is 100 cm³/mol. The van der Waals surface area contributed by atoms with Crippen LogP contribution in [0, 0.1) is 20.8 Å². The molecule has 8 nitrogen and oxygen atoms in total. The van der Waals surface area contributed by atoms with Crippen molar-refractivity contribution in [1.82, 2.24) is 30.4 Å². The molecule has 0 aliphatic carbocycles. The second-order valence-electron chi connectivity index (χ2n) is 6.87. The first kappa shape index (κ1) is 18.3. The maximum absolute atomic E-state index is 11.9. The number of amides is 1. The molecule has 2 N–H and O–H groups in total. The molecule has 1 saturated heterocycles. The number of hydrogen-bond donors (Lipinski definition) is 2. The van der Waals surface area contributed by atoms with E-state index in [1.807, 2.05) is 31.8 Å². The van der Waals surface area contributed by atoms with Crippen molar-refractivity contribution in [2.75, 3.05) is 25.0 Å². The Hall–Kier alpha value is -2.48. The van der Waals surface area contributed by atoms with Crippen LogP contribution < -0.4 is 15.5 Å². The van der Waals surface area contributed by atoms with Crippen molar-refractivity contribution in [1.29, 1.82) is 0 Å². The van der Waals surface area contributed by atoms with Crippen molar-refractivity contribution in [3.63, 3.8) is 0 Å². The number of aryl methyl sites for hydroxylation is 3. The Morgan fingerprint density at radius 1 is 1.31 bits per heavy atom. The van der Waals surface area contributed by atoms with Gasteiger partial charge in [0.05, 0.1) is 11.9 Å². The standard InChI is InChI=1S/C18H27N7O/c1-11-8-21-24(5)15(11)9-20-14-6-7-25(10-14)17-12(2)13(3)22-16(23-17)18(26)19-4/h8,14,20H,6-7,9-10H2,1-5H3,(H,19,26)/t14-/m1/s1. The lowest BCUT2D eigenvalue weighted by atomic mass is 10.2. The fourth-order valence-corrected chi connectivity index (χ4v) is 3.32. The molecule has 3 rings (SSSR count). The topological polar surface area (TPSA) is 88.0 Å². The molecule has 0 radical (unpaired) electrons. The molecule has 1 aliphatic heterocycles. The van der Waals surface area contributed by atoms with E-state index < -0.39 is 0 Å². The third-order valence-corrected chi connectivity index (χ3v) is 5.11. The van der Waals surface area contributed by atoms with Crippen LogP contribution in [0.3, 0.4) is 0 Å². The number of hydrogen-bond acceptors (Lipinski definition) is 6. The number of rotatable bonds is 5. The van der Waals surface area contributed by atoms with Gasteiger partial charge in [-0.05, 0) is 32.8 Å². The van der Waals surface area contributed by atoms with Crippen LogP contribution in [0.2, 0.25) is 0 Å². The second-order valence-corrected chi connectivity index (χ2v) is 6.87. The summed E-state index contributed by atoms with van der Waals surface area (Å²) in [5.74, 6) is 0.833. The maximum Gasteiger partial charge on any atom is 0.288 e. The minimum atomic E-state index is -0.255. The van der Waals surface area contributed by atoms with Gasteiger partial charge in [0.2, 0.25) is 5.82 Å². The Kier molecular flexibility index (Phi) is 5.22. The smallest absolute Gasteiger partial charge is 0.288 e. The fraction of sp³-hybridized carbons (Fsp3) is 0.556. The predicted octanol–water partition coefficient (Wildman–Crippen LogP) is 0.863. The lowest BCUT2D eigenvalue weighted by Crippen LogP contribution is -2.33. The van der Waals surface area contributed by atoms with Gasteiger partial charge in [-0.2, -0.15) is 5.10 Å². The van der Waals surface area contributed by atoms with E-state index in [2.05, 4.69) is 37.5 Å². The van der Waals surface area contributed by atoms with Crippen molar-refractivity contribution < 1.29 is 4.79 Å². The molecule has 0 aromatic carbocycles. The number of nitrogens with one attached hydrogen (secondary N) is 2. The highest BCUT2D eigenvalue weighted by Crippen LogP contribution is 2.24. The summed E-state index contributed by atoms with van der Waals surface area (Å²) in [6.45, 7) is 8.58. The Balaban J connectivity index is 1.70. The fourth-order valence-electron chi connectivity index (χ4n) is 3.32. The highest BCUT2D eigenvalue weighted by molar-refractivity contribution is 5.90. The molecule has 140 valence electrons. The van der Waals surface area contributed by atoms with Gasteiger partial charge in [-0.25, -0.2) is 9.97 Å². The third kappa shape index (κ3) is 3.55. The molecule has 3 heterocycles. The summed E-state index contributed by atoms with van der Waals surface area (Å²) >= 11 is 0. The third-order valence-electron chi connectivity index (χ3n) is 5.11. The average molecular weight is 357 g/mol. The van der Waals surface area contributed by atoms with E-state index >= 15 is 0 Å². The molecule has 1 atom stereocenters. The van der Waals surface area contributed by atoms with Crippen LogP contribution in [0.15, 0.2) is 6.20 Å². The summed E-state index contributed by atoms with van der Waals surface area (Å²) in [6.07, 6.45) is 2.93. The summed E-state index contributed by atoms with van der Waals surface area (Å²) < 4.78 is 1.92. The number of anilines is 1. The van der Waals surface area contributed by atoms with Crippen molar-refractivity contribution in [2.24, 2.45) is 7.05 Å². The molecule has 2 aromatic rings. The average Bonchev–Trinajstić information content (AvgIpc) is 3.21. The van der Waals surface area contributed by atoms with E-state index in [1.54, 1.807) is 7.05 Å². The largest absolute Gasteiger partial charge is 0.355 e. The molecule has 1 amide bonds. The molecular weight excluding hydrogens is 330 g/mol. The molecule has 1 aliphatic rings. The monoisotopic (exact) mass is 357 g/mol. The molecule has 26 heavy (non-hydrogen) atoms. The zero-order valence-corrected chi connectivity index (χ0v) is 16.1. The number of carbonyl (C=O) groups excluding carboxylic acids is 1. The zero-order chi connectivity index (χ0) is 18.8. The first-order valence-corrected chi connectivity index (χ1v) is 8.93. The van der Waals surface area contributed by atoms with E-state index in [0.29, 0.717) is 6.04 Å². The summed E-state index contributed by atoms with van der Waals surface area (Å²) in [7, 11) is 3.56. The lowest BCUT2D eigenvalue weighted by molar-refractivity contribution is 0.0952. The molecule has 8 heteroatoms. The van der Waals surface area contributed by atoms with Gasteiger partial charge in [0.15, 0.2) is 0 Å². The Bertz CT molecular complexity index is 795. The van der Waals surface area contributed by atoms with Gasteiger partial charge in [0, 0.05) is 51.0 Å². The van der Waals surface area contributed by atoms with Crippen LogP contribution in [0.25, 0.3) is 0 Å². The summed E-state index contributed by atoms with van der Waals surface area (Å²) in [6, 6.07) is 0.377.